The fraction of sp³-hybridized carbons (Fsp3) is 0.391. The topological polar surface area (TPSA) is 191 Å². The number of rotatable bonds is 13. The van der Waals surface area contributed by atoms with Crippen LogP contribution < -0.4 is 32.2 Å². The molecule has 0 bridgehead atoms. The van der Waals surface area contributed by atoms with Crippen LogP contribution in [0.25, 0.3) is 11.4 Å². The molecule has 0 saturated carbocycles. The Morgan fingerprint density at radius 2 is 1.24 bits per heavy atom. The fourth-order valence-corrected chi connectivity index (χ4v) is 6.64. The normalized spacial score (nSPS) is 11.5. The number of Topliss-reactive ketones (excluding diaryl/α,β-unsaturated/α-hetero) is 1. The summed E-state index contributed by atoms with van der Waals surface area (Å²) in [7, 11) is 3.07. The molecule has 22 heteroatoms. The van der Waals surface area contributed by atoms with Crippen LogP contribution in [-0.4, -0.2) is 55.0 Å². The van der Waals surface area contributed by atoms with E-state index < -0.39 is 51.9 Å². The highest BCUT2D eigenvalue weighted by molar-refractivity contribution is 6.31. The minimum absolute atomic E-state index is 0.00440. The van der Waals surface area contributed by atoms with Crippen LogP contribution in [0.15, 0.2) is 76.3 Å². The zero-order valence-electron chi connectivity index (χ0n) is 39.0. The first-order valence-corrected chi connectivity index (χ1v) is 21.1. The monoisotopic (exact) mass is 981 g/mol. The van der Waals surface area contributed by atoms with E-state index in [1.54, 1.807) is 59.9 Å². The number of carbonyl (C=O) groups is 4. The quantitative estimate of drug-likeness (QED) is 0.0587. The van der Waals surface area contributed by atoms with Crippen LogP contribution in [0.3, 0.4) is 0 Å². The van der Waals surface area contributed by atoms with Crippen LogP contribution in [0.4, 0.5) is 43.4 Å². The molecule has 0 saturated heterocycles. The van der Waals surface area contributed by atoms with Crippen molar-refractivity contribution in [1.82, 2.24) is 18.7 Å². The number of benzene rings is 3. The minimum atomic E-state index is -4.58. The number of halogens is 7. The molecule has 2 aromatic heterocycles. The van der Waals surface area contributed by atoms with Gasteiger partial charge in [-0.1, -0.05) is 37.6 Å². The van der Waals surface area contributed by atoms with E-state index in [2.05, 4.69) is 15.4 Å². The average molecular weight is 982 g/mol. The van der Waals surface area contributed by atoms with E-state index in [0.717, 1.165) is 33.6 Å². The molecule has 2 heterocycles. The zero-order chi connectivity index (χ0) is 51.6. The van der Waals surface area contributed by atoms with Gasteiger partial charge in [-0.15, -0.1) is 0 Å². The first-order chi connectivity index (χ1) is 31.4. The van der Waals surface area contributed by atoms with Crippen molar-refractivity contribution in [2.75, 3.05) is 23.0 Å². The van der Waals surface area contributed by atoms with E-state index in [0.29, 0.717) is 34.5 Å². The molecule has 0 unspecified atom stereocenters. The van der Waals surface area contributed by atoms with Gasteiger partial charge in [0, 0.05) is 32.0 Å². The molecule has 5 rings (SSSR count). The summed E-state index contributed by atoms with van der Waals surface area (Å²) in [6.45, 7) is 13.8. The lowest BCUT2D eigenvalue weighted by Gasteiger charge is -2.23. The molecule has 4 N–H and O–H groups in total. The van der Waals surface area contributed by atoms with Gasteiger partial charge in [-0.2, -0.15) is 26.3 Å². The molecule has 0 radical (unpaired) electrons. The van der Waals surface area contributed by atoms with Gasteiger partial charge in [0.05, 0.1) is 52.3 Å². The third-order valence-electron chi connectivity index (χ3n) is 9.81. The fourth-order valence-electron chi connectivity index (χ4n) is 6.47. The number of amides is 2. The third-order valence-corrected chi connectivity index (χ3v) is 10.0. The average Bonchev–Trinajstić information content (AvgIpc) is 3.54. The summed E-state index contributed by atoms with van der Waals surface area (Å²) < 4.78 is 92.7. The number of carbonyl (C=O) groups excluding carboxylic acids is 4. The molecule has 2 amide bonds. The van der Waals surface area contributed by atoms with Crippen LogP contribution in [0, 0.1) is 19.3 Å². The molecule has 370 valence electrons. The number of ether oxygens (including phenoxy) is 2. The van der Waals surface area contributed by atoms with Gasteiger partial charge >= 0.3 is 18.3 Å². The summed E-state index contributed by atoms with van der Waals surface area (Å²) in [6, 6.07) is 13.8. The number of nitrogen functional groups attached to an aromatic ring is 1. The number of hydrogen-bond donors (Lipinski definition) is 3. The summed E-state index contributed by atoms with van der Waals surface area (Å²) in [5.41, 5.74) is 3.22. The van der Waals surface area contributed by atoms with Gasteiger partial charge in [0.25, 0.3) is 11.1 Å². The summed E-state index contributed by atoms with van der Waals surface area (Å²) in [5, 5.41) is 5.78. The van der Waals surface area contributed by atoms with Gasteiger partial charge in [0.1, 0.15) is 29.3 Å². The van der Waals surface area contributed by atoms with E-state index in [1.807, 2.05) is 13.8 Å². The minimum Gasteiger partial charge on any atom is -0.489 e. The molecule has 0 aliphatic heterocycles. The number of anilines is 3. The Balaban J connectivity index is 0.000000358. The zero-order valence-corrected chi connectivity index (χ0v) is 39.8. The van der Waals surface area contributed by atoms with Gasteiger partial charge in [-0.05, 0) is 102 Å². The lowest BCUT2D eigenvalue weighted by atomic mass is 9.85. The third kappa shape index (κ3) is 15.1. The van der Waals surface area contributed by atoms with Gasteiger partial charge in [-0.3, -0.25) is 38.1 Å². The second-order valence-electron chi connectivity index (χ2n) is 16.4. The highest BCUT2D eigenvalue weighted by atomic mass is 35.5. The number of nitrogens with one attached hydrogen (secondary N) is 2. The maximum absolute atomic E-state index is 13.2. The molecule has 15 nitrogen and oxygen atoms in total. The van der Waals surface area contributed by atoms with Gasteiger partial charge in [0.15, 0.2) is 0 Å². The van der Waals surface area contributed by atoms with Crippen LogP contribution in [0.5, 0.6) is 5.75 Å². The first-order valence-electron chi connectivity index (χ1n) is 20.8. The van der Waals surface area contributed by atoms with Crippen molar-refractivity contribution in [2.24, 2.45) is 19.5 Å². The molecule has 0 atom stereocenters. The Bertz CT molecular complexity index is 2750. The van der Waals surface area contributed by atoms with Crippen molar-refractivity contribution in [2.45, 2.75) is 93.1 Å². The van der Waals surface area contributed by atoms with Crippen LogP contribution >= 0.6 is 11.6 Å². The molecular formula is C46H54ClF6N7O8. The number of esters is 1. The van der Waals surface area contributed by atoms with E-state index in [4.69, 9.17) is 22.1 Å². The van der Waals surface area contributed by atoms with Crippen LogP contribution in [-0.2, 0) is 50.4 Å². The maximum Gasteiger partial charge on any atom is 0.416 e. The summed E-state index contributed by atoms with van der Waals surface area (Å²) >= 11 is 6.08. The van der Waals surface area contributed by atoms with E-state index in [-0.39, 0.29) is 59.8 Å². The lowest BCUT2D eigenvalue weighted by Crippen LogP contribution is -2.29. The van der Waals surface area contributed by atoms with Gasteiger partial charge < -0.3 is 25.8 Å². The Hall–Kier alpha value is -6.77. The number of alkyl halides is 6. The highest BCUT2D eigenvalue weighted by Crippen LogP contribution is 2.33. The van der Waals surface area contributed by atoms with Crippen molar-refractivity contribution >= 4 is 52.2 Å². The Morgan fingerprint density at radius 3 is 1.68 bits per heavy atom. The van der Waals surface area contributed by atoms with Gasteiger partial charge in [0.2, 0.25) is 11.8 Å². The molecule has 0 aliphatic rings. The predicted molar refractivity (Wildman–Crippen MR) is 245 cm³/mol. The smallest absolute Gasteiger partial charge is 0.416 e. The standard InChI is InChI=1S/C28H32ClF3N4O4.C12H12F3N3O.C6H10O3/c1-16(2)40-22-11-10-19(29)13-21(22)33-23(37)14-27(4,5)15-24(38)34-25-17(3)35(6)36(26(25)39)20-9-7-8-18(12-20)28(30,31)32;1-7-10(16)11(19)18(17(7)2)9-5-3-4-8(6-9)12(13,14)15;1-3-9-6(8)4-5(2)7/h7-13,16H,14-15H2,1-6H3,(H,33,37)(H,34,38);3-6H,16H2,1-2H3;3-4H2,1-2H3. The first kappa shape index (κ1) is 55.6. The molecule has 0 fully saturated rings. The molecule has 3 aromatic carbocycles. The number of nitrogens with two attached hydrogens (primary N) is 1. The Morgan fingerprint density at radius 1 is 0.750 bits per heavy atom. The highest BCUT2D eigenvalue weighted by Gasteiger charge is 2.33. The second-order valence-corrected chi connectivity index (χ2v) is 16.9. The second kappa shape index (κ2) is 22.8. The van der Waals surface area contributed by atoms with E-state index in [1.165, 1.54) is 47.6 Å². The summed E-state index contributed by atoms with van der Waals surface area (Å²) in [6.07, 6.45) is -9.40. The lowest BCUT2D eigenvalue weighted by molar-refractivity contribution is -0.145. The summed E-state index contributed by atoms with van der Waals surface area (Å²) in [5.74, 6) is -1.03. The van der Waals surface area contributed by atoms with Crippen molar-refractivity contribution in [3.63, 3.8) is 0 Å². The van der Waals surface area contributed by atoms with Crippen molar-refractivity contribution in [3.05, 3.63) is 115 Å². The molecule has 0 spiro atoms. The number of aromatic nitrogens is 4. The van der Waals surface area contributed by atoms with E-state index in [9.17, 15) is 55.1 Å². The predicted octanol–water partition coefficient (Wildman–Crippen LogP) is 8.94. The molecule has 5 aromatic rings. The van der Waals surface area contributed by atoms with E-state index >= 15 is 0 Å². The number of nitrogens with zero attached hydrogens (tertiary/aromatic N) is 4. The Kier molecular flexibility index (Phi) is 18.6. The summed E-state index contributed by atoms with van der Waals surface area (Å²) in [4.78, 5) is 71.5. The number of hydrogen-bond acceptors (Lipinski definition) is 9. The molecular weight excluding hydrogens is 928 g/mol. The van der Waals surface area contributed by atoms with Crippen molar-refractivity contribution in [1.29, 1.82) is 0 Å². The van der Waals surface area contributed by atoms with Crippen LogP contribution in [0.2, 0.25) is 5.02 Å². The number of ketones is 1. The molecule has 68 heavy (non-hydrogen) atoms. The van der Waals surface area contributed by atoms with Crippen LogP contribution in [0.1, 0.15) is 83.3 Å². The van der Waals surface area contributed by atoms with Gasteiger partial charge in [-0.25, -0.2) is 9.36 Å². The Labute approximate surface area is 392 Å². The van der Waals surface area contributed by atoms with Crippen molar-refractivity contribution in [3.8, 4) is 17.1 Å². The van der Waals surface area contributed by atoms with Crippen molar-refractivity contribution < 1.29 is 55.0 Å². The maximum atomic E-state index is 13.2. The SMILES string of the molecule is CCOC(=O)CC(C)=O.Cc1c(N)c(=O)n(-c2cccc(C(F)(F)F)c2)n1C.Cc1c(NC(=O)CC(C)(C)CC(=O)Nc2cc(Cl)ccc2OC(C)C)c(=O)n(-c2cccc(C(F)(F)F)c2)n1C. The largest absolute Gasteiger partial charge is 0.489 e. The molecule has 0 aliphatic carbocycles.